The van der Waals surface area contributed by atoms with E-state index in [1.165, 1.54) is 11.1 Å². The minimum absolute atomic E-state index is 0.0793. The van der Waals surface area contributed by atoms with Gasteiger partial charge in [0, 0.05) is 17.9 Å². The van der Waals surface area contributed by atoms with E-state index in [9.17, 15) is 13.2 Å². The van der Waals surface area contributed by atoms with Gasteiger partial charge in [-0.1, -0.05) is 24.3 Å². The minimum atomic E-state index is -3.34. The van der Waals surface area contributed by atoms with Gasteiger partial charge >= 0.3 is 0 Å². The molecular formula is C16H19NO3S. The fourth-order valence-corrected chi connectivity index (χ4v) is 5.74. The molecule has 4 rings (SSSR count). The molecule has 0 radical (unpaired) electrons. The molecule has 1 heterocycles. The quantitative estimate of drug-likeness (QED) is 0.795. The Labute approximate surface area is 125 Å². The predicted octanol–water partition coefficient (Wildman–Crippen LogP) is 1.84. The molecule has 2 aliphatic carbocycles. The van der Waals surface area contributed by atoms with Gasteiger partial charge in [-0.25, -0.2) is 12.7 Å². The van der Waals surface area contributed by atoms with Crippen LogP contribution in [0.15, 0.2) is 24.3 Å². The highest BCUT2D eigenvalue weighted by atomic mass is 32.2. The van der Waals surface area contributed by atoms with Crippen molar-refractivity contribution in [2.75, 3.05) is 12.3 Å². The van der Waals surface area contributed by atoms with Crippen molar-refractivity contribution in [3.8, 4) is 0 Å². The molecule has 2 fully saturated rings. The lowest BCUT2D eigenvalue weighted by Crippen LogP contribution is -2.36. The van der Waals surface area contributed by atoms with Gasteiger partial charge in [0.05, 0.1) is 5.75 Å². The number of aryl methyl sites for hydroxylation is 1. The van der Waals surface area contributed by atoms with Crippen LogP contribution in [0.2, 0.25) is 0 Å². The molecule has 3 aliphatic rings. The number of hydrogen-bond acceptors (Lipinski definition) is 3. The monoisotopic (exact) mass is 305 g/mol. The van der Waals surface area contributed by atoms with Crippen molar-refractivity contribution in [1.29, 1.82) is 0 Å². The smallest absolute Gasteiger partial charge is 0.240 e. The van der Waals surface area contributed by atoms with E-state index in [4.69, 9.17) is 0 Å². The summed E-state index contributed by atoms with van der Waals surface area (Å²) in [6.45, 7) is 0.370. The number of carbonyl (C=O) groups excluding carboxylic acids is 1. The van der Waals surface area contributed by atoms with Crippen LogP contribution in [-0.4, -0.2) is 30.9 Å². The fourth-order valence-electron chi connectivity index (χ4n) is 4.22. The summed E-state index contributed by atoms with van der Waals surface area (Å²) in [5.41, 5.74) is 2.54. The van der Waals surface area contributed by atoms with E-state index in [0.29, 0.717) is 13.0 Å². The van der Waals surface area contributed by atoms with Gasteiger partial charge in [-0.3, -0.25) is 4.79 Å². The first-order chi connectivity index (χ1) is 10.0. The Morgan fingerprint density at radius 3 is 2.81 bits per heavy atom. The van der Waals surface area contributed by atoms with Crippen LogP contribution in [0.5, 0.6) is 0 Å². The maximum Gasteiger partial charge on any atom is 0.240 e. The van der Waals surface area contributed by atoms with Crippen LogP contribution in [0.4, 0.5) is 0 Å². The second-order valence-electron chi connectivity index (χ2n) is 6.50. The Balaban J connectivity index is 1.65. The molecule has 5 heteroatoms. The summed E-state index contributed by atoms with van der Waals surface area (Å²) in [7, 11) is -3.34. The summed E-state index contributed by atoms with van der Waals surface area (Å²) in [6, 6.07) is 8.34. The number of sulfonamides is 1. The van der Waals surface area contributed by atoms with E-state index >= 15 is 0 Å². The van der Waals surface area contributed by atoms with Crippen LogP contribution in [0.1, 0.15) is 36.8 Å². The Hall–Kier alpha value is -1.36. The van der Waals surface area contributed by atoms with E-state index in [-0.39, 0.29) is 23.0 Å². The lowest BCUT2D eigenvalue weighted by atomic mass is 9.78. The first kappa shape index (κ1) is 13.3. The van der Waals surface area contributed by atoms with Crippen molar-refractivity contribution in [3.63, 3.8) is 0 Å². The largest absolute Gasteiger partial charge is 0.273 e. The van der Waals surface area contributed by atoms with Crippen LogP contribution in [0.3, 0.4) is 0 Å². The normalized spacial score (nSPS) is 33.0. The third-order valence-electron chi connectivity index (χ3n) is 5.34. The van der Waals surface area contributed by atoms with Gasteiger partial charge in [-0.2, -0.15) is 0 Å². The molecule has 1 saturated heterocycles. The highest BCUT2D eigenvalue weighted by Crippen LogP contribution is 2.61. The molecular weight excluding hydrogens is 286 g/mol. The van der Waals surface area contributed by atoms with E-state index in [2.05, 4.69) is 12.1 Å². The van der Waals surface area contributed by atoms with Gasteiger partial charge in [0.2, 0.25) is 15.9 Å². The maximum absolute atomic E-state index is 12.7. The summed E-state index contributed by atoms with van der Waals surface area (Å²) < 4.78 is 25.1. The Bertz CT molecular complexity index is 712. The number of amides is 1. The van der Waals surface area contributed by atoms with Gasteiger partial charge in [-0.05, 0) is 43.2 Å². The van der Waals surface area contributed by atoms with Gasteiger partial charge in [0.25, 0.3) is 0 Å². The highest BCUT2D eigenvalue weighted by Gasteiger charge is 2.62. The third-order valence-corrected chi connectivity index (χ3v) is 7.18. The van der Waals surface area contributed by atoms with Gasteiger partial charge in [-0.15, -0.1) is 0 Å². The first-order valence-electron chi connectivity index (χ1n) is 7.67. The average molecular weight is 305 g/mol. The molecule has 2 atom stereocenters. The number of benzene rings is 1. The van der Waals surface area contributed by atoms with Crippen molar-refractivity contribution in [2.24, 2.45) is 5.92 Å². The Morgan fingerprint density at radius 1 is 1.24 bits per heavy atom. The molecule has 0 aromatic heterocycles. The molecule has 21 heavy (non-hydrogen) atoms. The molecule has 0 N–H and O–H groups in total. The van der Waals surface area contributed by atoms with Crippen LogP contribution < -0.4 is 0 Å². The molecule has 1 spiro atoms. The number of hydrogen-bond donors (Lipinski definition) is 0. The van der Waals surface area contributed by atoms with Crippen LogP contribution in [0, 0.1) is 5.92 Å². The first-order valence-corrected chi connectivity index (χ1v) is 9.28. The lowest BCUT2D eigenvalue weighted by Gasteiger charge is -2.27. The van der Waals surface area contributed by atoms with Crippen molar-refractivity contribution in [1.82, 2.24) is 4.31 Å². The number of carbonyl (C=O) groups is 1. The average Bonchev–Trinajstić information content (AvgIpc) is 3.07. The SMILES string of the molecule is O=C([C@@H]1C[C@]12CCCc1ccccc12)N1CCCS1(=O)=O. The van der Waals surface area contributed by atoms with Gasteiger partial charge in [0.15, 0.2) is 0 Å². The lowest BCUT2D eigenvalue weighted by molar-refractivity contribution is -0.128. The summed E-state index contributed by atoms with van der Waals surface area (Å²) in [5, 5.41) is 0. The van der Waals surface area contributed by atoms with E-state index in [0.717, 1.165) is 30.0 Å². The maximum atomic E-state index is 12.7. The molecule has 1 saturated carbocycles. The van der Waals surface area contributed by atoms with Crippen LogP contribution in [0.25, 0.3) is 0 Å². The molecule has 0 bridgehead atoms. The van der Waals surface area contributed by atoms with Crippen LogP contribution >= 0.6 is 0 Å². The second-order valence-corrected chi connectivity index (χ2v) is 8.52. The topological polar surface area (TPSA) is 54.5 Å². The number of nitrogens with zero attached hydrogens (tertiary/aromatic N) is 1. The summed E-state index contributed by atoms with van der Waals surface area (Å²) in [4.78, 5) is 12.7. The highest BCUT2D eigenvalue weighted by molar-refractivity contribution is 7.89. The standard InChI is InChI=1S/C16H19NO3S/c18-15(17-9-4-10-21(17,19)20)14-11-16(14)8-3-6-12-5-1-2-7-13(12)16/h1-2,5,7,14H,3-4,6,8-11H2/t14-,16-/m0/s1. The molecule has 1 aliphatic heterocycles. The van der Waals surface area contributed by atoms with Crippen molar-refractivity contribution < 1.29 is 13.2 Å². The van der Waals surface area contributed by atoms with E-state index in [1.807, 2.05) is 12.1 Å². The third kappa shape index (κ3) is 1.86. The van der Waals surface area contributed by atoms with Crippen molar-refractivity contribution >= 4 is 15.9 Å². The fraction of sp³-hybridized carbons (Fsp3) is 0.562. The zero-order valence-corrected chi connectivity index (χ0v) is 12.7. The Kier molecular flexibility index (Phi) is 2.74. The molecule has 4 nitrogen and oxygen atoms in total. The molecule has 0 unspecified atom stereocenters. The summed E-state index contributed by atoms with van der Waals surface area (Å²) in [5.74, 6) is -0.175. The molecule has 1 aromatic rings. The number of rotatable bonds is 1. The zero-order valence-electron chi connectivity index (χ0n) is 11.9. The Morgan fingerprint density at radius 2 is 2.05 bits per heavy atom. The second kappa shape index (κ2) is 4.32. The molecule has 1 amide bonds. The minimum Gasteiger partial charge on any atom is -0.273 e. The summed E-state index contributed by atoms with van der Waals surface area (Å²) in [6.07, 6.45) is 4.56. The van der Waals surface area contributed by atoms with Crippen molar-refractivity contribution in [2.45, 2.75) is 37.5 Å². The summed E-state index contributed by atoms with van der Waals surface area (Å²) >= 11 is 0. The van der Waals surface area contributed by atoms with Gasteiger partial charge < -0.3 is 0 Å². The van der Waals surface area contributed by atoms with E-state index < -0.39 is 10.0 Å². The predicted molar refractivity (Wildman–Crippen MR) is 79.3 cm³/mol. The van der Waals surface area contributed by atoms with Crippen LogP contribution in [-0.2, 0) is 26.7 Å². The molecule has 112 valence electrons. The van der Waals surface area contributed by atoms with Crippen molar-refractivity contribution in [3.05, 3.63) is 35.4 Å². The van der Waals surface area contributed by atoms with Gasteiger partial charge in [0.1, 0.15) is 0 Å². The molecule has 1 aromatic carbocycles. The van der Waals surface area contributed by atoms with E-state index in [1.54, 1.807) is 0 Å². The number of fused-ring (bicyclic) bond motifs is 2. The zero-order chi connectivity index (χ0) is 14.7.